The molecular formula is C30H33N5O7S3. The molecule has 1 atom stereocenters. The summed E-state index contributed by atoms with van der Waals surface area (Å²) in [6.45, 7) is 9.44. The molecule has 238 valence electrons. The van der Waals surface area contributed by atoms with Gasteiger partial charge >= 0.3 is 11.9 Å². The first kappa shape index (κ1) is 33.7. The van der Waals surface area contributed by atoms with E-state index >= 15 is 0 Å². The van der Waals surface area contributed by atoms with Crippen LogP contribution in [0.2, 0.25) is 0 Å². The van der Waals surface area contributed by atoms with Gasteiger partial charge in [-0.05, 0) is 75.9 Å². The van der Waals surface area contributed by atoms with Crippen LogP contribution in [0.3, 0.4) is 0 Å². The molecule has 2 N–H and O–H groups in total. The molecule has 0 saturated carbocycles. The smallest absolute Gasteiger partial charge is 0.348 e. The summed E-state index contributed by atoms with van der Waals surface area (Å²) in [6, 6.07) is 10.8. The second kappa shape index (κ2) is 15.7. The molecule has 4 rings (SSSR count). The second-order valence-corrected chi connectivity index (χ2v) is 12.5. The summed E-state index contributed by atoms with van der Waals surface area (Å²) in [5.41, 5.74) is 1.19. The Morgan fingerprint density at radius 3 is 2.33 bits per heavy atom. The van der Waals surface area contributed by atoms with Crippen LogP contribution in [-0.2, 0) is 20.8 Å². The number of ether oxygens (including phenoxy) is 3. The molecule has 0 fully saturated rings. The van der Waals surface area contributed by atoms with E-state index in [-0.39, 0.29) is 41.1 Å². The van der Waals surface area contributed by atoms with Crippen molar-refractivity contribution in [2.75, 3.05) is 25.1 Å². The summed E-state index contributed by atoms with van der Waals surface area (Å²) in [7, 11) is 0. The number of esters is 2. The van der Waals surface area contributed by atoms with Crippen LogP contribution in [0.25, 0.3) is 5.69 Å². The molecule has 0 aliphatic rings. The zero-order valence-electron chi connectivity index (χ0n) is 25.4. The van der Waals surface area contributed by atoms with Crippen LogP contribution >= 0.6 is 34.4 Å². The highest BCUT2D eigenvalue weighted by atomic mass is 32.2. The first-order chi connectivity index (χ1) is 21.7. The first-order valence-electron chi connectivity index (χ1n) is 14.1. The minimum absolute atomic E-state index is 0.0894. The lowest BCUT2D eigenvalue weighted by atomic mass is 10.1. The number of thioether (sulfide) groups is 1. The van der Waals surface area contributed by atoms with E-state index in [2.05, 4.69) is 20.8 Å². The molecule has 0 bridgehead atoms. The van der Waals surface area contributed by atoms with Crippen LogP contribution in [-0.4, -0.2) is 63.6 Å². The lowest BCUT2D eigenvalue weighted by molar-refractivity contribution is -0.115. The van der Waals surface area contributed by atoms with Gasteiger partial charge in [-0.3, -0.25) is 14.2 Å². The van der Waals surface area contributed by atoms with Crippen LogP contribution in [0.5, 0.6) is 5.75 Å². The molecule has 4 aromatic rings. The Hall–Kier alpha value is -4.21. The SMILES string of the molecule is CCOC(=O)c1sc(NC(=O)[C@H](C)Sc2nnc(CNC(=O)c3cccs3)n2-c2ccc(OCC)cc2)c(C(=O)OCC)c1C. The Labute approximate surface area is 272 Å². The number of hydrogen-bond donors (Lipinski definition) is 2. The van der Waals surface area contributed by atoms with E-state index in [1.54, 1.807) is 44.4 Å². The Morgan fingerprint density at radius 1 is 0.978 bits per heavy atom. The van der Waals surface area contributed by atoms with Gasteiger partial charge in [-0.25, -0.2) is 9.59 Å². The van der Waals surface area contributed by atoms with E-state index in [0.717, 1.165) is 23.1 Å². The van der Waals surface area contributed by atoms with Crippen LogP contribution in [0.15, 0.2) is 46.9 Å². The maximum Gasteiger partial charge on any atom is 0.348 e. The molecule has 0 aliphatic carbocycles. The number of amides is 2. The average Bonchev–Trinajstić information content (AvgIpc) is 3.76. The zero-order valence-corrected chi connectivity index (χ0v) is 27.8. The van der Waals surface area contributed by atoms with E-state index in [4.69, 9.17) is 14.2 Å². The van der Waals surface area contributed by atoms with Gasteiger partial charge in [-0.2, -0.15) is 0 Å². The van der Waals surface area contributed by atoms with E-state index in [9.17, 15) is 19.2 Å². The van der Waals surface area contributed by atoms with Crippen molar-refractivity contribution in [1.29, 1.82) is 0 Å². The van der Waals surface area contributed by atoms with Gasteiger partial charge in [0.05, 0.1) is 42.1 Å². The van der Waals surface area contributed by atoms with Gasteiger partial charge in [-0.15, -0.1) is 32.9 Å². The summed E-state index contributed by atoms with van der Waals surface area (Å²) < 4.78 is 17.7. The molecule has 3 heterocycles. The topological polar surface area (TPSA) is 151 Å². The third-order valence-corrected chi connectivity index (χ3v) is 9.33. The monoisotopic (exact) mass is 671 g/mol. The summed E-state index contributed by atoms with van der Waals surface area (Å²) >= 11 is 3.43. The number of carbonyl (C=O) groups is 4. The largest absolute Gasteiger partial charge is 0.494 e. The Balaban J connectivity index is 1.59. The number of nitrogens with one attached hydrogen (secondary N) is 2. The normalized spacial score (nSPS) is 11.5. The molecule has 0 unspecified atom stereocenters. The number of benzene rings is 1. The van der Waals surface area contributed by atoms with Crippen molar-refractivity contribution in [3.05, 3.63) is 68.5 Å². The lowest BCUT2D eigenvalue weighted by Crippen LogP contribution is -2.25. The molecular weight excluding hydrogens is 639 g/mol. The number of nitrogens with zero attached hydrogens (tertiary/aromatic N) is 3. The van der Waals surface area contributed by atoms with Crippen LogP contribution < -0.4 is 15.4 Å². The molecule has 2 amide bonds. The summed E-state index contributed by atoms with van der Waals surface area (Å²) in [6.07, 6.45) is 0. The molecule has 0 spiro atoms. The van der Waals surface area contributed by atoms with Gasteiger partial charge in [0.15, 0.2) is 11.0 Å². The van der Waals surface area contributed by atoms with E-state index in [1.807, 2.05) is 36.6 Å². The van der Waals surface area contributed by atoms with Crippen molar-refractivity contribution in [1.82, 2.24) is 20.1 Å². The molecule has 0 aliphatic heterocycles. The average molecular weight is 672 g/mol. The minimum Gasteiger partial charge on any atom is -0.494 e. The highest BCUT2D eigenvalue weighted by molar-refractivity contribution is 8.00. The molecule has 1 aromatic carbocycles. The first-order valence-corrected chi connectivity index (χ1v) is 16.7. The van der Waals surface area contributed by atoms with Gasteiger partial charge in [0, 0.05) is 5.69 Å². The van der Waals surface area contributed by atoms with Crippen molar-refractivity contribution < 1.29 is 33.4 Å². The molecule has 0 saturated heterocycles. The fraction of sp³-hybridized carbons (Fsp3) is 0.333. The maximum absolute atomic E-state index is 13.5. The van der Waals surface area contributed by atoms with Gasteiger partial charge in [0.25, 0.3) is 5.91 Å². The summed E-state index contributed by atoms with van der Waals surface area (Å²) in [4.78, 5) is 52.2. The summed E-state index contributed by atoms with van der Waals surface area (Å²) in [5, 5.41) is 16.0. The van der Waals surface area contributed by atoms with Crippen molar-refractivity contribution in [3.63, 3.8) is 0 Å². The Kier molecular flexibility index (Phi) is 11.7. The van der Waals surface area contributed by atoms with Crippen LogP contribution in [0, 0.1) is 6.92 Å². The van der Waals surface area contributed by atoms with E-state index in [1.165, 1.54) is 11.3 Å². The molecule has 15 heteroatoms. The molecule has 0 radical (unpaired) electrons. The van der Waals surface area contributed by atoms with Gasteiger partial charge in [0.1, 0.15) is 15.6 Å². The predicted molar refractivity (Wildman–Crippen MR) is 173 cm³/mol. The highest BCUT2D eigenvalue weighted by Crippen LogP contribution is 2.35. The number of anilines is 1. The highest BCUT2D eigenvalue weighted by Gasteiger charge is 2.29. The second-order valence-electron chi connectivity index (χ2n) is 9.27. The van der Waals surface area contributed by atoms with Gasteiger partial charge in [0.2, 0.25) is 5.91 Å². The van der Waals surface area contributed by atoms with Gasteiger partial charge in [-0.1, -0.05) is 17.8 Å². The quantitative estimate of drug-likeness (QED) is 0.130. The molecule has 12 nitrogen and oxygen atoms in total. The predicted octanol–water partition coefficient (Wildman–Crippen LogP) is 5.50. The van der Waals surface area contributed by atoms with Gasteiger partial charge < -0.3 is 24.8 Å². The minimum atomic E-state index is -0.715. The number of thiophene rings is 2. The molecule has 45 heavy (non-hydrogen) atoms. The van der Waals surface area contributed by atoms with E-state index < -0.39 is 23.1 Å². The Morgan fingerprint density at radius 2 is 1.69 bits per heavy atom. The lowest BCUT2D eigenvalue weighted by Gasteiger charge is -2.15. The van der Waals surface area contributed by atoms with Crippen molar-refractivity contribution >= 4 is 63.2 Å². The van der Waals surface area contributed by atoms with E-state index in [0.29, 0.717) is 39.5 Å². The Bertz CT molecular complexity index is 1650. The third-order valence-electron chi connectivity index (χ3n) is 6.23. The number of hydrogen-bond acceptors (Lipinski definition) is 12. The molecule has 3 aromatic heterocycles. The third kappa shape index (κ3) is 8.09. The summed E-state index contributed by atoms with van der Waals surface area (Å²) in [5.74, 6) is -0.765. The fourth-order valence-corrected chi connectivity index (χ4v) is 6.75. The maximum atomic E-state index is 13.5. The van der Waals surface area contributed by atoms with Crippen molar-refractivity contribution in [3.8, 4) is 11.4 Å². The van der Waals surface area contributed by atoms with Crippen molar-refractivity contribution in [2.45, 2.75) is 51.6 Å². The van der Waals surface area contributed by atoms with Crippen LogP contribution in [0.4, 0.5) is 5.00 Å². The van der Waals surface area contributed by atoms with Crippen LogP contribution in [0.1, 0.15) is 68.8 Å². The number of rotatable bonds is 14. The van der Waals surface area contributed by atoms with Crippen molar-refractivity contribution in [2.24, 2.45) is 0 Å². The zero-order chi connectivity index (χ0) is 32.5. The standard InChI is InChI=1S/C30H33N5O7S3/c1-6-40-20-13-11-19(12-14-20)35-22(16-31-26(37)21-10-9-15-43-21)33-34-30(35)44-18(5)25(36)32-27-23(28(38)41-7-2)17(4)24(45-27)29(39)42-8-3/h9-15,18H,6-8,16H2,1-5H3,(H,31,37)(H,32,36)/t18-/m0/s1. The number of aromatic nitrogens is 3. The number of carbonyl (C=O) groups excluding carboxylic acids is 4. The fourth-order valence-electron chi connectivity index (χ4n) is 4.13.